The number of amides is 2. The lowest BCUT2D eigenvalue weighted by atomic mass is 10.0. The molecule has 0 aliphatic rings. The van der Waals surface area contributed by atoms with Crippen LogP contribution in [0.5, 0.6) is 0 Å². The van der Waals surface area contributed by atoms with Crippen LogP contribution >= 0.6 is 31.9 Å². The molecule has 1 aromatic heterocycles. The molecule has 1 aromatic carbocycles. The Morgan fingerprint density at radius 2 is 1.85 bits per heavy atom. The lowest BCUT2D eigenvalue weighted by Crippen LogP contribution is -2.53. The van der Waals surface area contributed by atoms with Gasteiger partial charge in [0.25, 0.3) is 5.91 Å². The number of hydrogen-bond donors (Lipinski definition) is 2. The maximum atomic E-state index is 12.6. The van der Waals surface area contributed by atoms with Crippen molar-refractivity contribution in [3.05, 3.63) is 56.9 Å². The zero-order valence-corrected chi connectivity index (χ0v) is 18.5. The van der Waals surface area contributed by atoms with E-state index in [2.05, 4.69) is 37.2 Å². The first-order chi connectivity index (χ1) is 12.6. The summed E-state index contributed by atoms with van der Waals surface area (Å²) in [5.41, 5.74) is 0.409. The van der Waals surface area contributed by atoms with Crippen molar-refractivity contribution in [1.82, 2.24) is 10.2 Å². The van der Waals surface area contributed by atoms with Gasteiger partial charge in [-0.15, -0.1) is 0 Å². The lowest BCUT2D eigenvalue weighted by molar-refractivity contribution is 0.0805. The highest BCUT2D eigenvalue weighted by Gasteiger charge is 2.30. The van der Waals surface area contributed by atoms with Crippen LogP contribution in [0.15, 0.2) is 50.0 Å². The normalized spacial score (nSPS) is 12.5. The van der Waals surface area contributed by atoms with Crippen molar-refractivity contribution in [3.63, 3.8) is 0 Å². The van der Waals surface area contributed by atoms with Crippen molar-refractivity contribution in [1.29, 1.82) is 0 Å². The second-order valence-corrected chi connectivity index (χ2v) is 8.73. The smallest absolute Gasteiger partial charge is 0.407 e. The Hall–Kier alpha value is -1.80. The molecule has 2 aromatic rings. The van der Waals surface area contributed by atoms with Crippen molar-refractivity contribution in [2.45, 2.75) is 38.8 Å². The van der Waals surface area contributed by atoms with Crippen molar-refractivity contribution < 1.29 is 19.1 Å². The van der Waals surface area contributed by atoms with E-state index >= 15 is 0 Å². The van der Waals surface area contributed by atoms with E-state index in [1.807, 2.05) is 51.1 Å². The Morgan fingerprint density at radius 1 is 1.22 bits per heavy atom. The molecule has 0 spiro atoms. The first-order valence-corrected chi connectivity index (χ1v) is 9.96. The first kappa shape index (κ1) is 21.5. The van der Waals surface area contributed by atoms with Gasteiger partial charge >= 0.3 is 6.09 Å². The van der Waals surface area contributed by atoms with Crippen LogP contribution in [-0.4, -0.2) is 40.1 Å². The quantitative estimate of drug-likeness (QED) is 0.588. The highest BCUT2D eigenvalue weighted by Crippen LogP contribution is 2.26. The Kier molecular flexibility index (Phi) is 7.11. The molecule has 0 aliphatic carbocycles. The van der Waals surface area contributed by atoms with E-state index in [9.17, 15) is 14.7 Å². The molecule has 1 atom stereocenters. The number of nitrogens with one attached hydrogen (secondary N) is 1. The van der Waals surface area contributed by atoms with Crippen LogP contribution in [0.3, 0.4) is 0 Å². The summed E-state index contributed by atoms with van der Waals surface area (Å²) in [6, 6.07) is 10.8. The molecular formula is C19H22Br2N2O4. The summed E-state index contributed by atoms with van der Waals surface area (Å²) in [5, 5.41) is 12.5. The molecule has 146 valence electrons. The lowest BCUT2D eigenvalue weighted by Gasteiger charge is -2.36. The van der Waals surface area contributed by atoms with Crippen LogP contribution < -0.4 is 5.32 Å². The van der Waals surface area contributed by atoms with Crippen LogP contribution in [0, 0.1) is 0 Å². The Labute approximate surface area is 175 Å². The Morgan fingerprint density at radius 3 is 2.33 bits per heavy atom. The van der Waals surface area contributed by atoms with Crippen molar-refractivity contribution >= 4 is 43.9 Å². The van der Waals surface area contributed by atoms with Crippen molar-refractivity contribution in [2.24, 2.45) is 0 Å². The van der Waals surface area contributed by atoms with Crippen LogP contribution in [0.2, 0.25) is 0 Å². The Balaban J connectivity index is 2.23. The van der Waals surface area contributed by atoms with E-state index < -0.39 is 23.6 Å². The third-order valence-corrected chi connectivity index (χ3v) is 5.68. The molecular weight excluding hydrogens is 480 g/mol. The first-order valence-electron chi connectivity index (χ1n) is 8.38. The summed E-state index contributed by atoms with van der Waals surface area (Å²) in [6.45, 7) is 5.62. The van der Waals surface area contributed by atoms with Gasteiger partial charge in [0.15, 0.2) is 10.4 Å². The summed E-state index contributed by atoms with van der Waals surface area (Å²) >= 11 is 6.49. The minimum Gasteiger partial charge on any atom is -0.465 e. The fraction of sp³-hybridized carbons (Fsp3) is 0.368. The number of carbonyl (C=O) groups is 2. The fourth-order valence-electron chi connectivity index (χ4n) is 2.63. The number of hydrogen-bond acceptors (Lipinski definition) is 3. The molecule has 0 bridgehead atoms. The molecule has 2 amide bonds. The monoisotopic (exact) mass is 500 g/mol. The average Bonchev–Trinajstić information content (AvgIpc) is 2.91. The zero-order chi connectivity index (χ0) is 20.2. The molecule has 1 unspecified atom stereocenters. The molecule has 0 aliphatic heterocycles. The van der Waals surface area contributed by atoms with Crippen LogP contribution in [0.4, 0.5) is 4.79 Å². The fourth-order valence-corrected chi connectivity index (χ4v) is 3.21. The van der Waals surface area contributed by atoms with E-state index in [1.165, 1.54) is 4.90 Å². The zero-order valence-electron chi connectivity index (χ0n) is 15.3. The Bertz CT molecular complexity index is 780. The predicted molar refractivity (Wildman–Crippen MR) is 110 cm³/mol. The highest BCUT2D eigenvalue weighted by atomic mass is 79.9. The van der Waals surface area contributed by atoms with Gasteiger partial charge < -0.3 is 19.7 Å². The second kappa shape index (κ2) is 8.93. The van der Waals surface area contributed by atoms with Gasteiger partial charge in [-0.25, -0.2) is 4.79 Å². The number of carboxylic acid groups (broad SMARTS) is 1. The molecule has 0 fully saturated rings. The number of halogens is 2. The average molecular weight is 502 g/mol. The third-order valence-electron chi connectivity index (χ3n) is 3.97. The number of rotatable bonds is 6. The molecule has 2 N–H and O–H groups in total. The third kappa shape index (κ3) is 6.10. The van der Waals surface area contributed by atoms with Gasteiger partial charge in [0.05, 0.1) is 10.5 Å². The second-order valence-electron chi connectivity index (χ2n) is 7.16. The van der Waals surface area contributed by atoms with Crippen LogP contribution in [0.25, 0.3) is 0 Å². The van der Waals surface area contributed by atoms with E-state index in [1.54, 1.807) is 6.07 Å². The molecule has 27 heavy (non-hydrogen) atoms. The van der Waals surface area contributed by atoms with E-state index in [0.717, 1.165) is 5.56 Å². The minimum atomic E-state index is -1.03. The van der Waals surface area contributed by atoms with E-state index in [4.69, 9.17) is 4.42 Å². The van der Waals surface area contributed by atoms with Crippen LogP contribution in [-0.2, 0) is 6.42 Å². The summed E-state index contributed by atoms with van der Waals surface area (Å²) in [7, 11) is 0. The van der Waals surface area contributed by atoms with Gasteiger partial charge in [-0.1, -0.05) is 30.3 Å². The number of nitrogens with zero attached hydrogens (tertiary/aromatic N) is 1. The highest BCUT2D eigenvalue weighted by molar-refractivity contribution is 9.13. The van der Waals surface area contributed by atoms with E-state index in [-0.39, 0.29) is 12.3 Å². The predicted octanol–water partition coefficient (Wildman–Crippen LogP) is 4.92. The van der Waals surface area contributed by atoms with Crippen molar-refractivity contribution in [3.8, 4) is 0 Å². The van der Waals surface area contributed by atoms with E-state index in [0.29, 0.717) is 15.6 Å². The SMILES string of the molecule is CC(C)(C)N(CC(Cc1ccccc1)NC(=O)c1cc(Br)c(Br)o1)C(=O)O. The minimum absolute atomic E-state index is 0.143. The summed E-state index contributed by atoms with van der Waals surface area (Å²) in [6.07, 6.45) is -0.534. The van der Waals surface area contributed by atoms with Crippen molar-refractivity contribution in [2.75, 3.05) is 6.54 Å². The molecule has 2 rings (SSSR count). The van der Waals surface area contributed by atoms with Crippen LogP contribution in [0.1, 0.15) is 36.9 Å². The summed E-state index contributed by atoms with van der Waals surface area (Å²) in [4.78, 5) is 25.6. The number of furan rings is 1. The molecule has 0 saturated heterocycles. The topological polar surface area (TPSA) is 82.8 Å². The molecule has 1 heterocycles. The molecule has 0 radical (unpaired) electrons. The van der Waals surface area contributed by atoms with Gasteiger partial charge in [0.1, 0.15) is 0 Å². The largest absolute Gasteiger partial charge is 0.465 e. The number of benzene rings is 1. The number of carbonyl (C=O) groups excluding carboxylic acids is 1. The molecule has 0 saturated carbocycles. The molecule has 6 nitrogen and oxygen atoms in total. The van der Waals surface area contributed by atoms with Gasteiger partial charge in [-0.2, -0.15) is 0 Å². The van der Waals surface area contributed by atoms with Gasteiger partial charge in [-0.3, -0.25) is 4.79 Å². The standard InChI is InChI=1S/C19H22Br2N2O4/c1-19(2,3)23(18(25)26)11-13(9-12-7-5-4-6-8-12)22-17(24)15-10-14(20)16(21)27-15/h4-8,10,13H,9,11H2,1-3H3,(H,22,24)(H,25,26). The van der Waals surface area contributed by atoms with Gasteiger partial charge in [0.2, 0.25) is 0 Å². The molecule has 8 heteroatoms. The van der Waals surface area contributed by atoms with Gasteiger partial charge in [-0.05, 0) is 64.6 Å². The summed E-state index contributed by atoms with van der Waals surface area (Å²) < 4.78 is 6.43. The van der Waals surface area contributed by atoms with Gasteiger partial charge in [0, 0.05) is 18.2 Å². The summed E-state index contributed by atoms with van der Waals surface area (Å²) in [5.74, 6) is -0.258. The maximum Gasteiger partial charge on any atom is 0.407 e. The maximum absolute atomic E-state index is 12.6.